The Labute approximate surface area is 78.7 Å². The molecule has 2 rings (SSSR count). The van der Waals surface area contributed by atoms with Gasteiger partial charge in [0.15, 0.2) is 0 Å². The van der Waals surface area contributed by atoms with Gasteiger partial charge in [0.05, 0.1) is 31.0 Å². The average molecular weight is 183 g/mol. The third-order valence-electron chi connectivity index (χ3n) is 3.59. The molecule has 0 bridgehead atoms. The first kappa shape index (κ1) is 9.00. The second-order valence-corrected chi connectivity index (χ2v) is 4.33. The molecule has 2 heterocycles. The summed E-state index contributed by atoms with van der Waals surface area (Å²) in [5.74, 6) is -0.979. The number of carbonyl (C=O) groups is 1. The summed E-state index contributed by atoms with van der Waals surface area (Å²) >= 11 is 0. The summed E-state index contributed by atoms with van der Waals surface area (Å²) < 4.78 is 0. The number of carboxylic acids is 1. The number of carbonyl (C=O) groups excluding carboxylic acids is 1. The first-order valence-corrected chi connectivity index (χ1v) is 5.34. The van der Waals surface area contributed by atoms with Crippen LogP contribution in [-0.4, -0.2) is 25.1 Å². The fourth-order valence-electron chi connectivity index (χ4n) is 2.93. The zero-order valence-electron chi connectivity index (χ0n) is 7.92. The van der Waals surface area contributed by atoms with Crippen molar-refractivity contribution in [2.45, 2.75) is 38.1 Å². The number of piperidine rings is 2. The summed E-state index contributed by atoms with van der Waals surface area (Å²) in [6, 6.07) is 0.368. The van der Waals surface area contributed by atoms with E-state index in [1.54, 1.807) is 0 Å². The van der Waals surface area contributed by atoms with Crippen LogP contribution in [0, 0.1) is 5.92 Å². The minimum Gasteiger partial charge on any atom is -0.550 e. The van der Waals surface area contributed by atoms with Crippen molar-refractivity contribution in [3.05, 3.63) is 0 Å². The first-order chi connectivity index (χ1) is 6.29. The highest BCUT2D eigenvalue weighted by molar-refractivity contribution is 5.68. The molecule has 0 amide bonds. The summed E-state index contributed by atoms with van der Waals surface area (Å²) in [5.41, 5.74) is 0. The Morgan fingerprint density at radius 3 is 2.69 bits per heavy atom. The largest absolute Gasteiger partial charge is 0.550 e. The molecule has 3 nitrogen and oxygen atoms in total. The van der Waals surface area contributed by atoms with Crippen molar-refractivity contribution in [3.63, 3.8) is 0 Å². The monoisotopic (exact) mass is 183 g/mol. The Balaban J connectivity index is 2.06. The van der Waals surface area contributed by atoms with Gasteiger partial charge < -0.3 is 14.8 Å². The van der Waals surface area contributed by atoms with E-state index in [-0.39, 0.29) is 5.92 Å². The number of carboxylic acid groups (broad SMARTS) is 1. The first-order valence-electron chi connectivity index (χ1n) is 5.34. The highest BCUT2D eigenvalue weighted by Crippen LogP contribution is 2.19. The molecule has 3 atom stereocenters. The zero-order valence-corrected chi connectivity index (χ0v) is 7.92. The fraction of sp³-hybridized carbons (Fsp3) is 0.900. The molecule has 0 aromatic rings. The number of fused-ring (bicyclic) bond motifs is 1. The van der Waals surface area contributed by atoms with E-state index >= 15 is 0 Å². The Bertz CT molecular complexity index is 203. The standard InChI is InChI=1S/C10H17NO2/c12-10(13)8-4-3-7-11-6-2-1-5-9(8)11/h8-9H,1-7H2,(H,12,13)/t8-,9-/m1/s1. The lowest BCUT2D eigenvalue weighted by Gasteiger charge is -2.41. The van der Waals surface area contributed by atoms with Gasteiger partial charge in [-0.05, 0) is 25.7 Å². The topological polar surface area (TPSA) is 44.6 Å². The van der Waals surface area contributed by atoms with Crippen LogP contribution >= 0.6 is 0 Å². The van der Waals surface area contributed by atoms with Gasteiger partial charge in [-0.25, -0.2) is 0 Å². The van der Waals surface area contributed by atoms with Gasteiger partial charge in [0.25, 0.3) is 0 Å². The number of rotatable bonds is 1. The van der Waals surface area contributed by atoms with E-state index < -0.39 is 5.97 Å². The van der Waals surface area contributed by atoms with E-state index in [9.17, 15) is 9.90 Å². The average Bonchev–Trinajstić information content (AvgIpc) is 2.17. The predicted octanol–water partition coefficient (Wildman–Crippen LogP) is -1.42. The molecule has 0 saturated carbocycles. The van der Waals surface area contributed by atoms with E-state index in [4.69, 9.17) is 0 Å². The van der Waals surface area contributed by atoms with Crippen molar-refractivity contribution in [1.29, 1.82) is 0 Å². The molecule has 2 aliphatic heterocycles. The molecule has 1 N–H and O–H groups in total. The molecule has 74 valence electrons. The lowest BCUT2D eigenvalue weighted by atomic mass is 9.84. The molecule has 3 heteroatoms. The van der Waals surface area contributed by atoms with E-state index in [0.717, 1.165) is 19.3 Å². The van der Waals surface area contributed by atoms with Crippen LogP contribution in [0.3, 0.4) is 0 Å². The van der Waals surface area contributed by atoms with Crippen LogP contribution < -0.4 is 10.0 Å². The van der Waals surface area contributed by atoms with E-state index in [1.165, 1.54) is 30.8 Å². The smallest absolute Gasteiger partial charge is 0.0956 e. The molecule has 0 aliphatic carbocycles. The summed E-state index contributed by atoms with van der Waals surface area (Å²) in [4.78, 5) is 12.4. The molecule has 1 unspecified atom stereocenters. The Hall–Kier alpha value is -0.570. The lowest BCUT2D eigenvalue weighted by Crippen LogP contribution is -3.18. The molecule has 0 aromatic heterocycles. The van der Waals surface area contributed by atoms with Crippen molar-refractivity contribution in [2.75, 3.05) is 13.1 Å². The van der Waals surface area contributed by atoms with Crippen LogP contribution in [0.1, 0.15) is 32.1 Å². The van der Waals surface area contributed by atoms with Crippen LogP contribution in [0.15, 0.2) is 0 Å². The molecular weight excluding hydrogens is 166 g/mol. The van der Waals surface area contributed by atoms with Gasteiger partial charge in [-0.2, -0.15) is 0 Å². The van der Waals surface area contributed by atoms with Crippen LogP contribution in [0.2, 0.25) is 0 Å². The highest BCUT2D eigenvalue weighted by Gasteiger charge is 2.36. The van der Waals surface area contributed by atoms with E-state index in [1.807, 2.05) is 0 Å². The van der Waals surface area contributed by atoms with Gasteiger partial charge in [0.1, 0.15) is 0 Å². The van der Waals surface area contributed by atoms with Gasteiger partial charge in [0.2, 0.25) is 0 Å². The minimum atomic E-state index is -0.816. The normalized spacial score (nSPS) is 39.5. The third-order valence-corrected chi connectivity index (χ3v) is 3.59. The van der Waals surface area contributed by atoms with Crippen molar-refractivity contribution in [3.8, 4) is 0 Å². The van der Waals surface area contributed by atoms with Gasteiger partial charge in [-0.1, -0.05) is 0 Å². The Morgan fingerprint density at radius 2 is 1.92 bits per heavy atom. The summed E-state index contributed by atoms with van der Waals surface area (Å²) in [7, 11) is 0. The Kier molecular flexibility index (Phi) is 2.54. The SMILES string of the molecule is O=C([O-])[C@@H]1CCC[NH+]2CCCC[C@H]12. The van der Waals surface area contributed by atoms with Gasteiger partial charge in [-0.3, -0.25) is 0 Å². The summed E-state index contributed by atoms with van der Waals surface area (Å²) in [6.45, 7) is 2.35. The molecule has 2 fully saturated rings. The molecule has 13 heavy (non-hydrogen) atoms. The quantitative estimate of drug-likeness (QED) is 0.542. The number of nitrogens with one attached hydrogen (secondary N) is 1. The third kappa shape index (κ3) is 1.70. The second kappa shape index (κ2) is 3.66. The van der Waals surface area contributed by atoms with Gasteiger partial charge in [-0.15, -0.1) is 0 Å². The van der Waals surface area contributed by atoms with Crippen LogP contribution in [-0.2, 0) is 4.79 Å². The second-order valence-electron chi connectivity index (χ2n) is 4.33. The number of hydrogen-bond donors (Lipinski definition) is 1. The molecule has 0 spiro atoms. The van der Waals surface area contributed by atoms with Crippen molar-refractivity contribution < 1.29 is 14.8 Å². The maximum absolute atomic E-state index is 10.9. The zero-order chi connectivity index (χ0) is 9.26. The van der Waals surface area contributed by atoms with Crippen molar-refractivity contribution >= 4 is 5.97 Å². The minimum absolute atomic E-state index is 0.163. The highest BCUT2D eigenvalue weighted by atomic mass is 16.4. The maximum atomic E-state index is 10.9. The van der Waals surface area contributed by atoms with Crippen molar-refractivity contribution in [2.24, 2.45) is 5.92 Å². The number of hydrogen-bond acceptors (Lipinski definition) is 2. The summed E-state index contributed by atoms with van der Waals surface area (Å²) in [6.07, 6.45) is 5.47. The van der Waals surface area contributed by atoms with Crippen LogP contribution in [0.25, 0.3) is 0 Å². The van der Waals surface area contributed by atoms with Crippen LogP contribution in [0.5, 0.6) is 0 Å². The van der Waals surface area contributed by atoms with E-state index in [0.29, 0.717) is 6.04 Å². The molecule has 2 saturated heterocycles. The maximum Gasteiger partial charge on any atom is 0.0956 e. The fourth-order valence-corrected chi connectivity index (χ4v) is 2.93. The Morgan fingerprint density at radius 1 is 1.15 bits per heavy atom. The number of quaternary nitrogens is 1. The van der Waals surface area contributed by atoms with Crippen molar-refractivity contribution in [1.82, 2.24) is 0 Å². The molecular formula is C10H17NO2. The molecule has 0 aromatic carbocycles. The predicted molar refractivity (Wildman–Crippen MR) is 46.1 cm³/mol. The van der Waals surface area contributed by atoms with Gasteiger partial charge >= 0.3 is 0 Å². The lowest BCUT2D eigenvalue weighted by molar-refractivity contribution is -0.939. The van der Waals surface area contributed by atoms with Gasteiger partial charge in [0, 0.05) is 6.42 Å². The summed E-state index contributed by atoms with van der Waals surface area (Å²) in [5, 5.41) is 10.9. The van der Waals surface area contributed by atoms with E-state index in [2.05, 4.69) is 0 Å². The number of aliphatic carboxylic acids is 1. The molecule has 0 radical (unpaired) electrons. The van der Waals surface area contributed by atoms with Crippen LogP contribution in [0.4, 0.5) is 0 Å². The molecule has 2 aliphatic rings.